The number of nitrogens with one attached hydrogen (secondary N) is 3. The summed E-state index contributed by atoms with van der Waals surface area (Å²) in [4.78, 5) is 37.7. The minimum absolute atomic E-state index is 0.0517. The Labute approximate surface area is 300 Å². The van der Waals surface area contributed by atoms with Crippen LogP contribution < -0.4 is 16.0 Å². The molecule has 0 saturated carbocycles. The number of para-hydroxylation sites is 1. The lowest BCUT2D eigenvalue weighted by Gasteiger charge is -2.32. The van der Waals surface area contributed by atoms with Gasteiger partial charge in [0.1, 0.15) is 11.6 Å². The molecule has 1 aliphatic rings. The number of nitrogens with zero attached hydrogens (tertiary/aromatic N) is 5. The number of amides is 3. The van der Waals surface area contributed by atoms with E-state index in [0.717, 1.165) is 70.4 Å². The molecule has 3 aromatic carbocycles. The van der Waals surface area contributed by atoms with Gasteiger partial charge in [0.2, 0.25) is 0 Å². The third-order valence-corrected chi connectivity index (χ3v) is 9.28. The molecule has 0 unspecified atom stereocenters. The van der Waals surface area contributed by atoms with E-state index in [4.69, 9.17) is 5.10 Å². The van der Waals surface area contributed by atoms with Gasteiger partial charge in [-0.15, -0.1) is 0 Å². The summed E-state index contributed by atoms with van der Waals surface area (Å²) in [5.74, 6) is 1.80. The highest BCUT2D eigenvalue weighted by atomic mass is 16.2. The molecule has 3 N–H and O–H groups in total. The topological polar surface area (TPSA) is 117 Å². The number of aryl methyl sites for hydroxylation is 3. The van der Waals surface area contributed by atoms with Gasteiger partial charge in [0.05, 0.1) is 17.9 Å². The second-order valence-electron chi connectivity index (χ2n) is 14.6. The molecule has 5 aromatic rings. The number of carbonyl (C=O) groups excluding carboxylic acids is 2. The van der Waals surface area contributed by atoms with Gasteiger partial charge < -0.3 is 15.5 Å². The van der Waals surface area contributed by atoms with Gasteiger partial charge in [0.25, 0.3) is 5.91 Å². The zero-order valence-electron chi connectivity index (χ0n) is 30.5. The summed E-state index contributed by atoms with van der Waals surface area (Å²) in [6, 6.07) is 27.2. The van der Waals surface area contributed by atoms with Crippen LogP contribution in [-0.2, 0) is 18.4 Å². The number of hydrogen-bond acceptors (Lipinski definition) is 6. The highest BCUT2D eigenvalue weighted by Gasteiger charge is 2.25. The second kappa shape index (κ2) is 15.2. The number of carbonyl (C=O) groups is 2. The lowest BCUT2D eigenvalue weighted by Crippen LogP contribution is -2.39. The maximum absolute atomic E-state index is 13.4. The van der Waals surface area contributed by atoms with Gasteiger partial charge in [-0.3, -0.25) is 10.1 Å². The highest BCUT2D eigenvalue weighted by molar-refractivity contribution is 6.00. The Hall–Kier alpha value is -5.51. The van der Waals surface area contributed by atoms with Gasteiger partial charge in [-0.25, -0.2) is 19.4 Å². The van der Waals surface area contributed by atoms with E-state index in [0.29, 0.717) is 36.9 Å². The zero-order valence-corrected chi connectivity index (χ0v) is 30.5. The molecule has 0 atom stereocenters. The van der Waals surface area contributed by atoms with Crippen molar-refractivity contribution in [2.24, 2.45) is 5.92 Å². The standard InChI is InChI=1S/C41H48N8O2/c1-27-11-17-34(18-12-27)49-38(25-36(47-49)41(4,5)6)46-40(51)45-35-10-8-7-9-32(35)24-30-19-21-48(22-20-30)39(50)31-13-15-33(16-14-31)42-26-37-43-28(2)23-29(3)44-37/h7-18,23,25,30,42H,19-22,24,26H2,1-6H3,(H2,45,46,51). The summed E-state index contributed by atoms with van der Waals surface area (Å²) in [5.41, 5.74) is 8.08. The lowest BCUT2D eigenvalue weighted by molar-refractivity contribution is 0.0690. The first-order valence-electron chi connectivity index (χ1n) is 17.7. The van der Waals surface area contributed by atoms with Crippen LogP contribution in [0, 0.1) is 26.7 Å². The Morgan fingerprint density at radius 2 is 1.49 bits per heavy atom. The highest BCUT2D eigenvalue weighted by Crippen LogP contribution is 2.29. The van der Waals surface area contributed by atoms with Crippen LogP contribution in [0.1, 0.15) is 78.0 Å². The van der Waals surface area contributed by atoms with E-state index in [1.54, 1.807) is 4.68 Å². The number of piperidine rings is 1. The van der Waals surface area contributed by atoms with Crippen LogP contribution in [0.15, 0.2) is 84.9 Å². The monoisotopic (exact) mass is 684 g/mol. The quantitative estimate of drug-likeness (QED) is 0.144. The zero-order chi connectivity index (χ0) is 36.1. The number of urea groups is 1. The van der Waals surface area contributed by atoms with Crippen molar-refractivity contribution in [2.45, 2.75) is 72.8 Å². The summed E-state index contributed by atoms with van der Waals surface area (Å²) >= 11 is 0. The van der Waals surface area contributed by atoms with E-state index < -0.39 is 0 Å². The fourth-order valence-corrected chi connectivity index (χ4v) is 6.43. The lowest BCUT2D eigenvalue weighted by atomic mass is 9.89. The Bertz CT molecular complexity index is 1970. The second-order valence-corrected chi connectivity index (χ2v) is 14.6. The Kier molecular flexibility index (Phi) is 10.5. The van der Waals surface area contributed by atoms with Gasteiger partial charge in [0, 0.05) is 52.9 Å². The van der Waals surface area contributed by atoms with Crippen LogP contribution in [0.2, 0.25) is 0 Å². The minimum atomic E-state index is -0.323. The molecule has 51 heavy (non-hydrogen) atoms. The van der Waals surface area contributed by atoms with Crippen LogP contribution in [0.25, 0.3) is 5.69 Å². The maximum Gasteiger partial charge on any atom is 0.324 e. The maximum atomic E-state index is 13.4. The van der Waals surface area contributed by atoms with E-state index in [1.165, 1.54) is 0 Å². The van der Waals surface area contributed by atoms with Gasteiger partial charge in [-0.05, 0) is 100 Å². The molecule has 3 amide bonds. The van der Waals surface area contributed by atoms with E-state index in [2.05, 4.69) is 52.8 Å². The van der Waals surface area contributed by atoms with Gasteiger partial charge >= 0.3 is 6.03 Å². The van der Waals surface area contributed by atoms with E-state index in [-0.39, 0.29) is 17.4 Å². The average Bonchev–Trinajstić information content (AvgIpc) is 3.53. The third kappa shape index (κ3) is 9.00. The molecule has 0 radical (unpaired) electrons. The van der Waals surface area contributed by atoms with Gasteiger partial charge in [0.15, 0.2) is 0 Å². The van der Waals surface area contributed by atoms with Crippen molar-refractivity contribution in [2.75, 3.05) is 29.0 Å². The molecule has 10 heteroatoms. The van der Waals surface area contributed by atoms with Crippen molar-refractivity contribution in [3.05, 3.63) is 125 Å². The van der Waals surface area contributed by atoms with Crippen LogP contribution in [0.3, 0.4) is 0 Å². The Morgan fingerprint density at radius 3 is 2.16 bits per heavy atom. The molecule has 0 bridgehead atoms. The van der Waals surface area contributed by atoms with Crippen molar-refractivity contribution < 1.29 is 9.59 Å². The molecular formula is C41H48N8O2. The molecule has 264 valence electrons. The number of rotatable bonds is 9. The number of likely N-dealkylation sites (tertiary alicyclic amines) is 1. The Balaban J connectivity index is 1.03. The summed E-state index contributed by atoms with van der Waals surface area (Å²) < 4.78 is 1.79. The molecular weight excluding hydrogens is 637 g/mol. The van der Waals surface area contributed by atoms with Crippen molar-refractivity contribution in [3.8, 4) is 5.69 Å². The Morgan fingerprint density at radius 1 is 0.824 bits per heavy atom. The van der Waals surface area contributed by atoms with E-state index in [9.17, 15) is 9.59 Å². The first-order chi connectivity index (χ1) is 24.4. The van der Waals surface area contributed by atoms with Crippen LogP contribution in [0.5, 0.6) is 0 Å². The smallest absolute Gasteiger partial charge is 0.324 e. The molecule has 6 rings (SSSR count). The average molecular weight is 685 g/mol. The third-order valence-electron chi connectivity index (χ3n) is 9.28. The molecule has 10 nitrogen and oxygen atoms in total. The molecule has 3 heterocycles. The fraction of sp³-hybridized carbons (Fsp3) is 0.341. The van der Waals surface area contributed by atoms with Crippen LogP contribution in [-0.4, -0.2) is 49.7 Å². The first kappa shape index (κ1) is 35.3. The number of benzene rings is 3. The molecule has 1 fully saturated rings. The predicted molar refractivity (Wildman–Crippen MR) is 204 cm³/mol. The largest absolute Gasteiger partial charge is 0.378 e. The molecule has 2 aromatic heterocycles. The summed E-state index contributed by atoms with van der Waals surface area (Å²) in [7, 11) is 0. The molecule has 0 aliphatic carbocycles. The summed E-state index contributed by atoms with van der Waals surface area (Å²) in [6.07, 6.45) is 2.61. The van der Waals surface area contributed by atoms with Crippen molar-refractivity contribution in [3.63, 3.8) is 0 Å². The number of anilines is 3. The van der Waals surface area contributed by atoms with Crippen LogP contribution >= 0.6 is 0 Å². The number of hydrogen-bond donors (Lipinski definition) is 3. The van der Waals surface area contributed by atoms with Crippen LogP contribution in [0.4, 0.5) is 22.0 Å². The van der Waals surface area contributed by atoms with Crippen molar-refractivity contribution >= 4 is 29.1 Å². The van der Waals surface area contributed by atoms with Gasteiger partial charge in [-0.2, -0.15) is 5.10 Å². The molecule has 1 saturated heterocycles. The molecule has 1 aliphatic heterocycles. The summed E-state index contributed by atoms with van der Waals surface area (Å²) in [5, 5.41) is 14.3. The van der Waals surface area contributed by atoms with E-state index in [1.807, 2.05) is 105 Å². The minimum Gasteiger partial charge on any atom is -0.378 e. The van der Waals surface area contributed by atoms with Gasteiger partial charge in [-0.1, -0.05) is 56.7 Å². The fourth-order valence-electron chi connectivity index (χ4n) is 6.43. The predicted octanol–water partition coefficient (Wildman–Crippen LogP) is 8.24. The van der Waals surface area contributed by atoms with E-state index >= 15 is 0 Å². The van der Waals surface area contributed by atoms with Crippen molar-refractivity contribution in [1.29, 1.82) is 0 Å². The molecule has 0 spiro atoms. The van der Waals surface area contributed by atoms with Crippen molar-refractivity contribution in [1.82, 2.24) is 24.6 Å². The SMILES string of the molecule is Cc1ccc(-n2nc(C(C)(C)C)cc2NC(=O)Nc2ccccc2CC2CCN(C(=O)c3ccc(NCc4nc(C)cc(C)n4)cc3)CC2)cc1. The number of aromatic nitrogens is 4. The first-order valence-corrected chi connectivity index (χ1v) is 17.7. The normalized spacial score (nSPS) is 13.6. The summed E-state index contributed by atoms with van der Waals surface area (Å²) in [6.45, 7) is 14.2.